The summed E-state index contributed by atoms with van der Waals surface area (Å²) in [4.78, 5) is 16.4. The van der Waals surface area contributed by atoms with Gasteiger partial charge in [0.25, 0.3) is 0 Å². The number of nitrogens with one attached hydrogen (secondary N) is 1. The largest absolute Gasteiger partial charge is 0.353 e. The van der Waals surface area contributed by atoms with Gasteiger partial charge in [0.15, 0.2) is 0 Å². The van der Waals surface area contributed by atoms with Crippen molar-refractivity contribution in [1.29, 1.82) is 5.26 Å². The molecule has 0 bridgehead atoms. The number of likely N-dealkylation sites (tertiary alicyclic amines) is 1. The number of hydrogen-bond donors (Lipinski definition) is 1. The Morgan fingerprint density at radius 1 is 1.42 bits per heavy atom. The minimum absolute atomic E-state index is 0.0525. The van der Waals surface area contributed by atoms with Crippen molar-refractivity contribution in [2.45, 2.75) is 25.8 Å². The number of carbonyl (C=O) groups is 1. The second-order valence-corrected chi connectivity index (χ2v) is 6.45. The van der Waals surface area contributed by atoms with Crippen molar-refractivity contribution < 1.29 is 4.79 Å². The molecule has 1 heterocycles. The fourth-order valence-electron chi connectivity index (χ4n) is 3.08. The first-order valence-corrected chi connectivity index (χ1v) is 8.88. The lowest BCUT2D eigenvalue weighted by Crippen LogP contribution is -2.41. The predicted molar refractivity (Wildman–Crippen MR) is 95.7 cm³/mol. The third kappa shape index (κ3) is 5.20. The summed E-state index contributed by atoms with van der Waals surface area (Å²) in [6, 6.07) is 10.0. The number of nitriles is 1. The van der Waals surface area contributed by atoms with Gasteiger partial charge in [-0.15, -0.1) is 0 Å². The molecule has 1 saturated heterocycles. The van der Waals surface area contributed by atoms with E-state index in [4.69, 9.17) is 16.9 Å². The summed E-state index contributed by atoms with van der Waals surface area (Å²) in [6.07, 6.45) is 2.36. The molecule has 24 heavy (non-hydrogen) atoms. The molecular formula is C18H25ClN4O. The molecule has 0 saturated carbocycles. The minimum Gasteiger partial charge on any atom is -0.353 e. The first-order valence-electron chi connectivity index (χ1n) is 8.50. The van der Waals surface area contributed by atoms with Crippen molar-refractivity contribution in [3.05, 3.63) is 34.9 Å². The van der Waals surface area contributed by atoms with Crippen molar-refractivity contribution in [3.63, 3.8) is 0 Å². The molecule has 0 spiro atoms. The van der Waals surface area contributed by atoms with E-state index in [9.17, 15) is 4.79 Å². The Labute approximate surface area is 149 Å². The summed E-state index contributed by atoms with van der Waals surface area (Å²) in [5, 5.41) is 12.5. The van der Waals surface area contributed by atoms with Crippen molar-refractivity contribution in [3.8, 4) is 6.07 Å². The molecule has 1 atom stereocenters. The molecule has 1 aromatic rings. The molecule has 5 nitrogen and oxygen atoms in total. The molecule has 2 rings (SSSR count). The monoisotopic (exact) mass is 348 g/mol. The van der Waals surface area contributed by atoms with Gasteiger partial charge in [0, 0.05) is 11.6 Å². The van der Waals surface area contributed by atoms with Crippen LogP contribution in [0, 0.1) is 11.3 Å². The SMILES string of the molecule is CCN(CC#N)CC(=O)NCC(c1ccccc1Cl)N1CCCC1. The van der Waals surface area contributed by atoms with Crippen LogP contribution in [0.25, 0.3) is 0 Å². The van der Waals surface area contributed by atoms with Gasteiger partial charge in [0.2, 0.25) is 5.91 Å². The van der Waals surface area contributed by atoms with Crippen LogP contribution in [0.15, 0.2) is 24.3 Å². The molecular weight excluding hydrogens is 324 g/mol. The van der Waals surface area contributed by atoms with Crippen LogP contribution in [0.4, 0.5) is 0 Å². The zero-order chi connectivity index (χ0) is 17.4. The van der Waals surface area contributed by atoms with Gasteiger partial charge < -0.3 is 5.32 Å². The van der Waals surface area contributed by atoms with E-state index < -0.39 is 0 Å². The number of benzene rings is 1. The van der Waals surface area contributed by atoms with E-state index in [1.807, 2.05) is 36.1 Å². The van der Waals surface area contributed by atoms with Crippen LogP contribution in [0.3, 0.4) is 0 Å². The third-order valence-electron chi connectivity index (χ3n) is 4.45. The summed E-state index contributed by atoms with van der Waals surface area (Å²) >= 11 is 6.38. The Bertz CT molecular complexity index is 581. The standard InChI is InChI=1S/C18H25ClN4O/c1-2-22(12-9-20)14-18(24)21-13-17(23-10-5-6-11-23)15-7-3-4-8-16(15)19/h3-4,7-8,17H,2,5-6,10-14H2,1H3,(H,21,24). The maximum Gasteiger partial charge on any atom is 0.234 e. The van der Waals surface area contributed by atoms with E-state index in [0.717, 1.165) is 23.7 Å². The van der Waals surface area contributed by atoms with E-state index in [1.54, 1.807) is 0 Å². The highest BCUT2D eigenvalue weighted by Crippen LogP contribution is 2.29. The first kappa shape index (κ1) is 18.7. The number of nitrogens with zero attached hydrogens (tertiary/aromatic N) is 3. The molecule has 1 aliphatic rings. The van der Waals surface area contributed by atoms with E-state index in [-0.39, 0.29) is 25.0 Å². The summed E-state index contributed by atoms with van der Waals surface area (Å²) in [5.41, 5.74) is 1.06. The molecule has 1 unspecified atom stereocenters. The summed E-state index contributed by atoms with van der Waals surface area (Å²) in [7, 11) is 0. The molecule has 1 N–H and O–H groups in total. The first-order chi connectivity index (χ1) is 11.7. The highest BCUT2D eigenvalue weighted by atomic mass is 35.5. The fraction of sp³-hybridized carbons (Fsp3) is 0.556. The van der Waals surface area contributed by atoms with Crippen LogP contribution in [-0.2, 0) is 4.79 Å². The number of carbonyl (C=O) groups excluding carboxylic acids is 1. The Morgan fingerprint density at radius 2 is 2.12 bits per heavy atom. The summed E-state index contributed by atoms with van der Waals surface area (Å²) in [5.74, 6) is -0.0525. The van der Waals surface area contributed by atoms with Crippen LogP contribution >= 0.6 is 11.6 Å². The quantitative estimate of drug-likeness (QED) is 0.733. The number of likely N-dealkylation sites (N-methyl/N-ethyl adjacent to an activating group) is 1. The van der Waals surface area contributed by atoms with Crippen LogP contribution in [0.5, 0.6) is 0 Å². The molecule has 0 aliphatic carbocycles. The van der Waals surface area contributed by atoms with Gasteiger partial charge in [-0.3, -0.25) is 14.6 Å². The lowest BCUT2D eigenvalue weighted by molar-refractivity contribution is -0.122. The van der Waals surface area contributed by atoms with Crippen molar-refractivity contribution >= 4 is 17.5 Å². The number of halogens is 1. The molecule has 0 aromatic heterocycles. The highest BCUT2D eigenvalue weighted by Gasteiger charge is 2.25. The van der Waals surface area contributed by atoms with Gasteiger partial charge in [-0.25, -0.2) is 0 Å². The van der Waals surface area contributed by atoms with Crippen LogP contribution < -0.4 is 5.32 Å². The summed E-state index contributed by atoms with van der Waals surface area (Å²) in [6.45, 7) is 5.74. The Balaban J connectivity index is 2.00. The van der Waals surface area contributed by atoms with E-state index in [1.165, 1.54) is 12.8 Å². The topological polar surface area (TPSA) is 59.4 Å². The average Bonchev–Trinajstić information content (AvgIpc) is 3.10. The summed E-state index contributed by atoms with van der Waals surface area (Å²) < 4.78 is 0. The molecule has 1 amide bonds. The van der Waals surface area contributed by atoms with Crippen molar-refractivity contribution in [2.24, 2.45) is 0 Å². The lowest BCUT2D eigenvalue weighted by atomic mass is 10.1. The van der Waals surface area contributed by atoms with E-state index in [2.05, 4.69) is 16.3 Å². The lowest BCUT2D eigenvalue weighted by Gasteiger charge is -2.29. The fourth-order valence-corrected chi connectivity index (χ4v) is 3.35. The van der Waals surface area contributed by atoms with Gasteiger partial charge in [0.05, 0.1) is 25.2 Å². The molecule has 0 radical (unpaired) electrons. The van der Waals surface area contributed by atoms with Crippen LogP contribution in [0.1, 0.15) is 31.4 Å². The van der Waals surface area contributed by atoms with Gasteiger partial charge in [-0.2, -0.15) is 5.26 Å². The Kier molecular flexibility index (Phi) is 7.51. The second-order valence-electron chi connectivity index (χ2n) is 6.05. The highest BCUT2D eigenvalue weighted by molar-refractivity contribution is 6.31. The molecule has 6 heteroatoms. The molecule has 1 fully saturated rings. The zero-order valence-electron chi connectivity index (χ0n) is 14.2. The molecule has 1 aromatic carbocycles. The molecule has 1 aliphatic heterocycles. The van der Waals surface area contributed by atoms with E-state index in [0.29, 0.717) is 13.1 Å². The zero-order valence-corrected chi connectivity index (χ0v) is 14.9. The van der Waals surface area contributed by atoms with Crippen LogP contribution in [0.2, 0.25) is 5.02 Å². The second kappa shape index (κ2) is 9.63. The predicted octanol–water partition coefficient (Wildman–Crippen LogP) is 2.44. The van der Waals surface area contributed by atoms with Gasteiger partial charge in [0.1, 0.15) is 0 Å². The Hall–Kier alpha value is -1.61. The smallest absolute Gasteiger partial charge is 0.234 e. The number of rotatable bonds is 8. The minimum atomic E-state index is -0.0525. The normalized spacial score (nSPS) is 16.1. The van der Waals surface area contributed by atoms with Crippen molar-refractivity contribution in [2.75, 3.05) is 39.3 Å². The van der Waals surface area contributed by atoms with Gasteiger partial charge in [-0.05, 0) is 44.1 Å². The third-order valence-corrected chi connectivity index (χ3v) is 4.79. The maximum absolute atomic E-state index is 12.2. The van der Waals surface area contributed by atoms with Gasteiger partial charge >= 0.3 is 0 Å². The van der Waals surface area contributed by atoms with Gasteiger partial charge in [-0.1, -0.05) is 36.7 Å². The molecule has 130 valence electrons. The maximum atomic E-state index is 12.2. The van der Waals surface area contributed by atoms with Crippen molar-refractivity contribution in [1.82, 2.24) is 15.1 Å². The Morgan fingerprint density at radius 3 is 2.75 bits per heavy atom. The van der Waals surface area contributed by atoms with Crippen LogP contribution in [-0.4, -0.2) is 55.0 Å². The average molecular weight is 349 g/mol. The number of hydrogen-bond acceptors (Lipinski definition) is 4. The van der Waals surface area contributed by atoms with E-state index >= 15 is 0 Å². The number of amides is 1.